The lowest BCUT2D eigenvalue weighted by molar-refractivity contribution is -0.136. The van der Waals surface area contributed by atoms with Crippen LogP contribution < -0.4 is 25.0 Å². The van der Waals surface area contributed by atoms with E-state index in [2.05, 4.69) is 15.8 Å². The van der Waals surface area contributed by atoms with Crippen LogP contribution in [0.3, 0.4) is 0 Å². The zero-order chi connectivity index (χ0) is 26.1. The van der Waals surface area contributed by atoms with E-state index in [9.17, 15) is 9.59 Å². The summed E-state index contributed by atoms with van der Waals surface area (Å²) >= 11 is 12.4. The first kappa shape index (κ1) is 26.8. The van der Waals surface area contributed by atoms with Crippen LogP contribution >= 0.6 is 23.2 Å². The quantitative estimate of drug-likeness (QED) is 0.218. The third-order valence-corrected chi connectivity index (χ3v) is 5.68. The van der Waals surface area contributed by atoms with Crippen molar-refractivity contribution in [2.24, 2.45) is 5.10 Å². The van der Waals surface area contributed by atoms with E-state index in [1.807, 2.05) is 6.92 Å². The van der Waals surface area contributed by atoms with Gasteiger partial charge in [0.15, 0.2) is 11.5 Å². The molecule has 36 heavy (non-hydrogen) atoms. The van der Waals surface area contributed by atoms with Gasteiger partial charge in [-0.15, -0.1) is 0 Å². The SMILES string of the molecule is CCOc1ccc(NC(=O)C(=O)NN=C(C)c2ccc(OCc3c(Cl)cccc3Cl)c(OC)c2)cc1. The van der Waals surface area contributed by atoms with Crippen molar-refractivity contribution < 1.29 is 23.8 Å². The molecule has 0 heterocycles. The van der Waals surface area contributed by atoms with Crippen molar-refractivity contribution in [2.45, 2.75) is 20.5 Å². The van der Waals surface area contributed by atoms with E-state index in [0.717, 1.165) is 0 Å². The van der Waals surface area contributed by atoms with Crippen molar-refractivity contribution in [2.75, 3.05) is 19.0 Å². The lowest BCUT2D eigenvalue weighted by Crippen LogP contribution is -2.32. The smallest absolute Gasteiger partial charge is 0.329 e. The molecule has 0 radical (unpaired) electrons. The Morgan fingerprint density at radius 1 is 0.917 bits per heavy atom. The molecule has 3 aromatic carbocycles. The molecule has 3 rings (SSSR count). The third kappa shape index (κ3) is 7.13. The Bertz CT molecular complexity index is 1240. The average molecular weight is 530 g/mol. The number of hydrazone groups is 1. The molecule has 0 saturated heterocycles. The predicted molar refractivity (Wildman–Crippen MR) is 140 cm³/mol. The molecule has 0 aliphatic rings. The summed E-state index contributed by atoms with van der Waals surface area (Å²) in [5.74, 6) is -0.171. The van der Waals surface area contributed by atoms with E-state index < -0.39 is 11.8 Å². The van der Waals surface area contributed by atoms with Crippen LogP contribution in [0.15, 0.2) is 65.8 Å². The lowest BCUT2D eigenvalue weighted by Gasteiger charge is -2.13. The zero-order valence-electron chi connectivity index (χ0n) is 19.9. The largest absolute Gasteiger partial charge is 0.494 e. The van der Waals surface area contributed by atoms with Crippen molar-refractivity contribution in [1.82, 2.24) is 5.43 Å². The second kappa shape index (κ2) is 12.8. The van der Waals surface area contributed by atoms with Crippen molar-refractivity contribution in [3.8, 4) is 17.2 Å². The molecule has 0 aromatic heterocycles. The van der Waals surface area contributed by atoms with Crippen molar-refractivity contribution >= 4 is 46.4 Å². The predicted octanol–water partition coefficient (Wildman–Crippen LogP) is 5.46. The Morgan fingerprint density at radius 2 is 1.61 bits per heavy atom. The zero-order valence-corrected chi connectivity index (χ0v) is 21.4. The van der Waals surface area contributed by atoms with Crippen LogP contribution in [0.1, 0.15) is 25.0 Å². The number of nitrogens with zero attached hydrogens (tertiary/aromatic N) is 1. The molecule has 2 N–H and O–H groups in total. The standard InChI is InChI=1S/C26H25Cl2N3O5/c1-4-35-19-11-9-18(10-12-19)29-25(32)26(33)31-30-16(2)17-8-13-23(24(14-17)34-3)36-15-20-21(27)6-5-7-22(20)28/h5-14H,4,15H2,1-3H3,(H,29,32)(H,31,33). The second-order valence-electron chi connectivity index (χ2n) is 7.40. The van der Waals surface area contributed by atoms with Gasteiger partial charge in [0, 0.05) is 26.9 Å². The number of halogens is 2. The molecule has 2 amide bonds. The minimum atomic E-state index is -0.910. The van der Waals surface area contributed by atoms with Crippen molar-refractivity contribution in [3.63, 3.8) is 0 Å². The van der Waals surface area contributed by atoms with Gasteiger partial charge in [0.05, 0.1) is 19.4 Å². The fraction of sp³-hybridized carbons (Fsp3) is 0.192. The summed E-state index contributed by atoms with van der Waals surface area (Å²) in [6.45, 7) is 4.24. The summed E-state index contributed by atoms with van der Waals surface area (Å²) in [7, 11) is 1.51. The Kier molecular flexibility index (Phi) is 9.55. The van der Waals surface area contributed by atoms with Crippen LogP contribution in [0.25, 0.3) is 0 Å². The number of hydrogen-bond acceptors (Lipinski definition) is 6. The van der Waals surface area contributed by atoms with Crippen LogP contribution in [0, 0.1) is 0 Å². The van der Waals surface area contributed by atoms with Crippen LogP contribution in [0.2, 0.25) is 10.0 Å². The maximum Gasteiger partial charge on any atom is 0.329 e. The fourth-order valence-electron chi connectivity index (χ4n) is 3.07. The Hall–Kier alpha value is -3.75. The highest BCUT2D eigenvalue weighted by Crippen LogP contribution is 2.31. The molecule has 0 fully saturated rings. The van der Waals surface area contributed by atoms with Gasteiger partial charge in [-0.2, -0.15) is 5.10 Å². The number of hydrogen-bond donors (Lipinski definition) is 2. The van der Waals surface area contributed by atoms with Gasteiger partial charge in [0.2, 0.25) is 0 Å². The fourth-order valence-corrected chi connectivity index (χ4v) is 3.58. The Balaban J connectivity index is 1.62. The first-order chi connectivity index (χ1) is 17.3. The normalized spacial score (nSPS) is 11.0. The molecule has 0 atom stereocenters. The van der Waals surface area contributed by atoms with Crippen molar-refractivity contribution in [3.05, 3.63) is 81.8 Å². The van der Waals surface area contributed by atoms with Gasteiger partial charge in [-0.25, -0.2) is 5.43 Å². The van der Waals surface area contributed by atoms with Crippen LogP contribution in [0.4, 0.5) is 5.69 Å². The average Bonchev–Trinajstić information content (AvgIpc) is 2.88. The molecule has 10 heteroatoms. The molecule has 0 saturated carbocycles. The maximum atomic E-state index is 12.2. The number of carbonyl (C=O) groups excluding carboxylic acids is 2. The molecule has 188 valence electrons. The van der Waals surface area contributed by atoms with E-state index in [-0.39, 0.29) is 6.61 Å². The minimum absolute atomic E-state index is 0.154. The highest BCUT2D eigenvalue weighted by atomic mass is 35.5. The second-order valence-corrected chi connectivity index (χ2v) is 8.22. The third-order valence-electron chi connectivity index (χ3n) is 4.97. The molecule has 0 spiro atoms. The molecular weight excluding hydrogens is 505 g/mol. The van der Waals surface area contributed by atoms with Gasteiger partial charge < -0.3 is 19.5 Å². The number of rotatable bonds is 9. The molecule has 0 unspecified atom stereocenters. The van der Waals surface area contributed by atoms with Crippen LogP contribution in [-0.4, -0.2) is 31.2 Å². The van der Waals surface area contributed by atoms with Crippen LogP contribution in [0.5, 0.6) is 17.2 Å². The van der Waals surface area contributed by atoms with E-state index in [0.29, 0.717) is 56.4 Å². The molecule has 3 aromatic rings. The van der Waals surface area contributed by atoms with Gasteiger partial charge in [-0.3, -0.25) is 9.59 Å². The minimum Gasteiger partial charge on any atom is -0.494 e. The van der Waals surface area contributed by atoms with Gasteiger partial charge in [-0.05, 0) is 68.4 Å². The molecule has 0 bridgehead atoms. The maximum absolute atomic E-state index is 12.2. The van der Waals surface area contributed by atoms with Gasteiger partial charge in [-0.1, -0.05) is 29.3 Å². The van der Waals surface area contributed by atoms with E-state index in [4.69, 9.17) is 37.4 Å². The lowest BCUT2D eigenvalue weighted by atomic mass is 10.1. The Labute approximate surface area is 219 Å². The van der Waals surface area contributed by atoms with E-state index >= 15 is 0 Å². The number of ether oxygens (including phenoxy) is 3. The van der Waals surface area contributed by atoms with E-state index in [1.165, 1.54) is 7.11 Å². The Morgan fingerprint density at radius 3 is 2.25 bits per heavy atom. The highest BCUT2D eigenvalue weighted by Gasteiger charge is 2.15. The molecule has 8 nitrogen and oxygen atoms in total. The topological polar surface area (TPSA) is 98.2 Å². The van der Waals surface area contributed by atoms with E-state index in [1.54, 1.807) is 67.6 Å². The monoisotopic (exact) mass is 529 g/mol. The van der Waals surface area contributed by atoms with Gasteiger partial charge in [0.25, 0.3) is 0 Å². The number of methoxy groups -OCH3 is 1. The summed E-state index contributed by atoms with van der Waals surface area (Å²) in [5.41, 5.74) is 4.48. The van der Waals surface area contributed by atoms with Crippen molar-refractivity contribution in [1.29, 1.82) is 0 Å². The van der Waals surface area contributed by atoms with Gasteiger partial charge >= 0.3 is 11.8 Å². The number of anilines is 1. The summed E-state index contributed by atoms with van der Waals surface area (Å²) in [4.78, 5) is 24.4. The van der Waals surface area contributed by atoms with Gasteiger partial charge in [0.1, 0.15) is 12.4 Å². The summed E-state index contributed by atoms with van der Waals surface area (Å²) in [6, 6.07) is 17.1. The number of benzene rings is 3. The summed E-state index contributed by atoms with van der Waals surface area (Å²) in [6.07, 6.45) is 0. The van der Waals surface area contributed by atoms with Crippen LogP contribution in [-0.2, 0) is 16.2 Å². The summed E-state index contributed by atoms with van der Waals surface area (Å²) in [5, 5.41) is 7.53. The first-order valence-corrected chi connectivity index (χ1v) is 11.7. The highest BCUT2D eigenvalue weighted by molar-refractivity contribution is 6.39. The molecular formula is C26H25Cl2N3O5. The number of amides is 2. The summed E-state index contributed by atoms with van der Waals surface area (Å²) < 4.78 is 16.6. The molecule has 0 aliphatic heterocycles. The number of carbonyl (C=O) groups is 2. The number of nitrogens with one attached hydrogen (secondary N) is 2. The molecule has 0 aliphatic carbocycles. The first-order valence-electron chi connectivity index (χ1n) is 10.9.